The lowest BCUT2D eigenvalue weighted by Crippen LogP contribution is -2.56. The first-order valence-corrected chi connectivity index (χ1v) is 7.39. The summed E-state index contributed by atoms with van der Waals surface area (Å²) < 4.78 is 0. The average molecular weight is 258 g/mol. The molecule has 0 unspecified atom stereocenters. The zero-order valence-corrected chi connectivity index (χ0v) is 11.4. The summed E-state index contributed by atoms with van der Waals surface area (Å²) >= 11 is 0. The molecule has 3 heteroatoms. The predicted molar refractivity (Wildman–Crippen MR) is 76.2 cm³/mol. The van der Waals surface area contributed by atoms with Crippen molar-refractivity contribution < 1.29 is 4.79 Å². The van der Waals surface area contributed by atoms with Crippen molar-refractivity contribution in [1.82, 2.24) is 10.2 Å². The molecule has 2 saturated heterocycles. The molecule has 1 spiro atoms. The summed E-state index contributed by atoms with van der Waals surface area (Å²) in [6.07, 6.45) is 6.12. The number of hydrogen-bond acceptors (Lipinski definition) is 2. The Bertz CT molecular complexity index is 427. The van der Waals surface area contributed by atoms with E-state index in [4.69, 9.17) is 0 Å². The minimum absolute atomic E-state index is 0.186. The highest BCUT2D eigenvalue weighted by atomic mass is 16.2. The van der Waals surface area contributed by atoms with E-state index in [2.05, 4.69) is 5.32 Å². The van der Waals surface area contributed by atoms with E-state index < -0.39 is 0 Å². The van der Waals surface area contributed by atoms with E-state index in [1.807, 2.05) is 35.2 Å². The average Bonchev–Trinajstić information content (AvgIpc) is 2.49. The molecule has 1 aromatic carbocycles. The fourth-order valence-electron chi connectivity index (χ4n) is 3.36. The standard InChI is InChI=1S/C16H22N2O/c19-15(14-6-2-1-3-7-14)18-12-9-16(10-13-18)8-4-5-11-17-16/h1-3,6-7,17H,4-5,8-13H2. The van der Waals surface area contributed by atoms with E-state index in [1.165, 1.54) is 19.3 Å². The van der Waals surface area contributed by atoms with Gasteiger partial charge < -0.3 is 10.2 Å². The third-order valence-corrected chi connectivity index (χ3v) is 4.61. The second-order valence-corrected chi connectivity index (χ2v) is 5.82. The molecule has 2 aliphatic heterocycles. The molecular weight excluding hydrogens is 236 g/mol. The first-order valence-electron chi connectivity index (χ1n) is 7.39. The molecule has 0 aliphatic carbocycles. The highest BCUT2D eigenvalue weighted by molar-refractivity contribution is 5.94. The van der Waals surface area contributed by atoms with Gasteiger partial charge in [-0.05, 0) is 44.4 Å². The summed E-state index contributed by atoms with van der Waals surface area (Å²) in [6, 6.07) is 9.63. The fourth-order valence-corrected chi connectivity index (χ4v) is 3.36. The van der Waals surface area contributed by atoms with Crippen molar-refractivity contribution in [3.8, 4) is 0 Å². The van der Waals surface area contributed by atoms with E-state index in [9.17, 15) is 4.79 Å². The van der Waals surface area contributed by atoms with Crippen molar-refractivity contribution >= 4 is 5.91 Å². The normalized spacial score (nSPS) is 22.4. The third kappa shape index (κ3) is 2.66. The number of amides is 1. The molecule has 19 heavy (non-hydrogen) atoms. The lowest BCUT2D eigenvalue weighted by molar-refractivity contribution is 0.0608. The van der Waals surface area contributed by atoms with Crippen LogP contribution in [0.1, 0.15) is 42.5 Å². The molecule has 3 nitrogen and oxygen atoms in total. The zero-order valence-electron chi connectivity index (χ0n) is 11.4. The van der Waals surface area contributed by atoms with Crippen molar-refractivity contribution in [1.29, 1.82) is 0 Å². The number of carbonyl (C=O) groups is 1. The van der Waals surface area contributed by atoms with Gasteiger partial charge in [-0.1, -0.05) is 24.6 Å². The molecule has 1 amide bonds. The Kier molecular flexibility index (Phi) is 3.56. The van der Waals surface area contributed by atoms with E-state index in [1.54, 1.807) is 0 Å². The van der Waals surface area contributed by atoms with E-state index in [0.29, 0.717) is 5.54 Å². The van der Waals surface area contributed by atoms with Gasteiger partial charge in [-0.3, -0.25) is 4.79 Å². The predicted octanol–water partition coefficient (Wildman–Crippen LogP) is 2.43. The van der Waals surface area contributed by atoms with Gasteiger partial charge in [0.25, 0.3) is 5.91 Å². The highest BCUT2D eigenvalue weighted by Crippen LogP contribution is 2.30. The van der Waals surface area contributed by atoms with Gasteiger partial charge in [0.2, 0.25) is 0 Å². The molecule has 3 rings (SSSR count). The Morgan fingerprint density at radius 1 is 1.05 bits per heavy atom. The fraction of sp³-hybridized carbons (Fsp3) is 0.562. The zero-order chi connectivity index (χ0) is 13.1. The van der Waals surface area contributed by atoms with Crippen molar-refractivity contribution in [2.45, 2.75) is 37.6 Å². The lowest BCUT2D eigenvalue weighted by Gasteiger charge is -2.45. The molecule has 2 fully saturated rings. The SMILES string of the molecule is O=C(c1ccccc1)N1CCC2(CCCCN2)CC1. The summed E-state index contributed by atoms with van der Waals surface area (Å²) in [5.41, 5.74) is 1.14. The van der Waals surface area contributed by atoms with Gasteiger partial charge in [-0.25, -0.2) is 0 Å². The molecule has 0 radical (unpaired) electrons. The minimum Gasteiger partial charge on any atom is -0.339 e. The molecule has 1 aromatic rings. The van der Waals surface area contributed by atoms with Crippen LogP contribution in [0.15, 0.2) is 30.3 Å². The second kappa shape index (κ2) is 5.33. The smallest absolute Gasteiger partial charge is 0.253 e. The van der Waals surface area contributed by atoms with E-state index in [-0.39, 0.29) is 5.91 Å². The summed E-state index contributed by atoms with van der Waals surface area (Å²) in [5.74, 6) is 0.186. The van der Waals surface area contributed by atoms with Crippen molar-refractivity contribution in [2.24, 2.45) is 0 Å². The van der Waals surface area contributed by atoms with Crippen molar-refractivity contribution in [3.63, 3.8) is 0 Å². The van der Waals surface area contributed by atoms with Crippen LogP contribution in [0.2, 0.25) is 0 Å². The topological polar surface area (TPSA) is 32.3 Å². The molecule has 2 aliphatic rings. The number of rotatable bonds is 1. The number of carbonyl (C=O) groups excluding carboxylic acids is 1. The maximum Gasteiger partial charge on any atom is 0.253 e. The van der Waals surface area contributed by atoms with Crippen LogP contribution in [0.5, 0.6) is 0 Å². The van der Waals surface area contributed by atoms with Crippen LogP contribution in [0.4, 0.5) is 0 Å². The van der Waals surface area contributed by atoms with Crippen LogP contribution in [-0.4, -0.2) is 36.0 Å². The molecule has 1 N–H and O–H groups in total. The quantitative estimate of drug-likeness (QED) is 0.839. The summed E-state index contributed by atoms with van der Waals surface area (Å²) in [6.45, 7) is 2.92. The molecule has 0 aromatic heterocycles. The van der Waals surface area contributed by atoms with Crippen molar-refractivity contribution in [3.05, 3.63) is 35.9 Å². The van der Waals surface area contributed by atoms with Gasteiger partial charge in [0.05, 0.1) is 0 Å². The van der Waals surface area contributed by atoms with Gasteiger partial charge in [-0.15, -0.1) is 0 Å². The summed E-state index contributed by atoms with van der Waals surface area (Å²) in [5, 5.41) is 3.70. The van der Waals surface area contributed by atoms with Crippen molar-refractivity contribution in [2.75, 3.05) is 19.6 Å². The second-order valence-electron chi connectivity index (χ2n) is 5.82. The Balaban J connectivity index is 1.62. The van der Waals surface area contributed by atoms with Crippen LogP contribution in [0.3, 0.4) is 0 Å². The van der Waals surface area contributed by atoms with E-state index in [0.717, 1.165) is 38.0 Å². The molecule has 2 heterocycles. The highest BCUT2D eigenvalue weighted by Gasteiger charge is 2.36. The van der Waals surface area contributed by atoms with Gasteiger partial charge in [-0.2, -0.15) is 0 Å². The molecular formula is C16H22N2O. The number of nitrogens with zero attached hydrogens (tertiary/aromatic N) is 1. The number of likely N-dealkylation sites (tertiary alicyclic amines) is 1. The molecule has 102 valence electrons. The van der Waals surface area contributed by atoms with Crippen LogP contribution in [-0.2, 0) is 0 Å². The van der Waals surface area contributed by atoms with E-state index >= 15 is 0 Å². The van der Waals surface area contributed by atoms with Gasteiger partial charge in [0, 0.05) is 24.2 Å². The number of nitrogens with one attached hydrogen (secondary N) is 1. The molecule has 0 bridgehead atoms. The van der Waals surface area contributed by atoms with Gasteiger partial charge in [0.1, 0.15) is 0 Å². The maximum atomic E-state index is 12.4. The number of benzene rings is 1. The minimum atomic E-state index is 0.186. The maximum absolute atomic E-state index is 12.4. The summed E-state index contributed by atoms with van der Waals surface area (Å²) in [4.78, 5) is 14.4. The van der Waals surface area contributed by atoms with Crippen LogP contribution in [0, 0.1) is 0 Å². The Labute approximate surface area is 115 Å². The van der Waals surface area contributed by atoms with Crippen LogP contribution < -0.4 is 5.32 Å². The molecule has 0 saturated carbocycles. The Morgan fingerprint density at radius 3 is 2.42 bits per heavy atom. The van der Waals surface area contributed by atoms with Crippen LogP contribution >= 0.6 is 0 Å². The number of hydrogen-bond donors (Lipinski definition) is 1. The van der Waals surface area contributed by atoms with Gasteiger partial charge >= 0.3 is 0 Å². The van der Waals surface area contributed by atoms with Crippen LogP contribution in [0.25, 0.3) is 0 Å². The largest absolute Gasteiger partial charge is 0.339 e. The Morgan fingerprint density at radius 2 is 1.79 bits per heavy atom. The Hall–Kier alpha value is -1.35. The first kappa shape index (κ1) is 12.7. The third-order valence-electron chi connectivity index (χ3n) is 4.61. The van der Waals surface area contributed by atoms with Gasteiger partial charge in [0.15, 0.2) is 0 Å². The first-order chi connectivity index (χ1) is 9.29. The lowest BCUT2D eigenvalue weighted by atomic mass is 9.80. The monoisotopic (exact) mass is 258 g/mol. The molecule has 0 atom stereocenters. The summed E-state index contributed by atoms with van der Waals surface area (Å²) in [7, 11) is 0. The number of piperidine rings is 2.